The van der Waals surface area contributed by atoms with Crippen molar-refractivity contribution in [2.24, 2.45) is 0 Å². The van der Waals surface area contributed by atoms with Gasteiger partial charge in [0.05, 0.1) is 11.3 Å². The lowest BCUT2D eigenvalue weighted by Crippen LogP contribution is -1.82. The SMILES string of the molecule is N#C/C(=C\c1ccc(-c2ccc(Cl)cc2)o1)c1nc(-c2ccc(Cl)cc2)cs1. The number of nitriles is 1. The third kappa shape index (κ3) is 4.02. The average Bonchev–Trinajstić information content (AvgIpc) is 3.37. The van der Waals surface area contributed by atoms with E-state index >= 15 is 0 Å². The molecule has 0 saturated heterocycles. The molecule has 4 aromatic rings. The average molecular weight is 423 g/mol. The molecular formula is C22H12Cl2N2OS. The van der Waals surface area contributed by atoms with Gasteiger partial charge in [-0.3, -0.25) is 0 Å². The van der Waals surface area contributed by atoms with E-state index in [1.807, 2.05) is 66.0 Å². The van der Waals surface area contributed by atoms with Gasteiger partial charge in [0.2, 0.25) is 0 Å². The first-order chi connectivity index (χ1) is 13.6. The molecule has 0 bridgehead atoms. The van der Waals surface area contributed by atoms with Crippen LogP contribution < -0.4 is 0 Å². The van der Waals surface area contributed by atoms with Gasteiger partial charge in [0.25, 0.3) is 0 Å². The van der Waals surface area contributed by atoms with Gasteiger partial charge in [-0.15, -0.1) is 11.3 Å². The van der Waals surface area contributed by atoms with Gasteiger partial charge in [0.1, 0.15) is 22.6 Å². The summed E-state index contributed by atoms with van der Waals surface area (Å²) in [5.41, 5.74) is 3.12. The second kappa shape index (κ2) is 8.04. The number of nitrogens with zero attached hydrogens (tertiary/aromatic N) is 2. The third-order valence-electron chi connectivity index (χ3n) is 4.04. The van der Waals surface area contributed by atoms with Gasteiger partial charge in [-0.25, -0.2) is 4.98 Å². The number of hydrogen-bond acceptors (Lipinski definition) is 4. The Kier molecular flexibility index (Phi) is 5.31. The first-order valence-corrected chi connectivity index (χ1v) is 9.95. The van der Waals surface area contributed by atoms with Gasteiger partial charge in [0.15, 0.2) is 0 Å². The number of thiazole rings is 1. The van der Waals surface area contributed by atoms with Gasteiger partial charge in [-0.05, 0) is 48.5 Å². The van der Waals surface area contributed by atoms with Crippen LogP contribution in [0.4, 0.5) is 0 Å². The van der Waals surface area contributed by atoms with Gasteiger partial charge in [-0.1, -0.05) is 35.3 Å². The van der Waals surface area contributed by atoms with E-state index in [0.717, 1.165) is 16.8 Å². The molecule has 4 rings (SSSR count). The summed E-state index contributed by atoms with van der Waals surface area (Å²) in [4.78, 5) is 4.58. The number of allylic oxidation sites excluding steroid dienone is 1. The zero-order chi connectivity index (χ0) is 19.5. The topological polar surface area (TPSA) is 49.8 Å². The third-order valence-corrected chi connectivity index (χ3v) is 5.42. The number of aromatic nitrogens is 1. The number of halogens is 2. The number of hydrogen-bond donors (Lipinski definition) is 0. The maximum atomic E-state index is 9.59. The van der Waals surface area contributed by atoms with Crippen molar-refractivity contribution in [3.63, 3.8) is 0 Å². The molecular weight excluding hydrogens is 411 g/mol. The van der Waals surface area contributed by atoms with Crippen molar-refractivity contribution in [3.8, 4) is 28.7 Å². The Morgan fingerprint density at radius 1 is 0.929 bits per heavy atom. The lowest BCUT2D eigenvalue weighted by Gasteiger charge is -1.97. The maximum absolute atomic E-state index is 9.59. The molecule has 0 aliphatic rings. The summed E-state index contributed by atoms with van der Waals surface area (Å²) in [6.07, 6.45) is 1.70. The fraction of sp³-hybridized carbons (Fsp3) is 0. The van der Waals surface area contributed by atoms with Crippen molar-refractivity contribution >= 4 is 46.2 Å². The van der Waals surface area contributed by atoms with Crippen molar-refractivity contribution in [2.45, 2.75) is 0 Å². The van der Waals surface area contributed by atoms with Gasteiger partial charge >= 0.3 is 0 Å². The van der Waals surface area contributed by atoms with Crippen LogP contribution in [0.25, 0.3) is 34.2 Å². The van der Waals surface area contributed by atoms with E-state index in [4.69, 9.17) is 27.6 Å². The smallest absolute Gasteiger partial charge is 0.134 e. The van der Waals surface area contributed by atoms with E-state index in [9.17, 15) is 5.26 Å². The van der Waals surface area contributed by atoms with Gasteiger partial charge in [0, 0.05) is 32.6 Å². The Morgan fingerprint density at radius 2 is 1.57 bits per heavy atom. The minimum absolute atomic E-state index is 0.446. The minimum atomic E-state index is 0.446. The Morgan fingerprint density at radius 3 is 2.21 bits per heavy atom. The van der Waals surface area contributed by atoms with Crippen LogP contribution in [0.5, 0.6) is 0 Å². The highest BCUT2D eigenvalue weighted by Crippen LogP contribution is 2.29. The Bertz CT molecular complexity index is 1180. The first kappa shape index (κ1) is 18.5. The summed E-state index contributed by atoms with van der Waals surface area (Å²) in [6.45, 7) is 0. The van der Waals surface area contributed by atoms with Crippen molar-refractivity contribution in [1.82, 2.24) is 4.98 Å². The minimum Gasteiger partial charge on any atom is -0.457 e. The van der Waals surface area contributed by atoms with E-state index in [2.05, 4.69) is 11.1 Å². The van der Waals surface area contributed by atoms with E-state index in [1.165, 1.54) is 11.3 Å². The fourth-order valence-electron chi connectivity index (χ4n) is 2.63. The molecule has 0 spiro atoms. The predicted octanol–water partition coefficient (Wildman–Crippen LogP) is 7.44. The second-order valence-electron chi connectivity index (χ2n) is 5.92. The lowest BCUT2D eigenvalue weighted by molar-refractivity contribution is 0.572. The molecule has 0 N–H and O–H groups in total. The Balaban J connectivity index is 1.61. The van der Waals surface area contributed by atoms with Crippen molar-refractivity contribution in [2.75, 3.05) is 0 Å². The van der Waals surface area contributed by atoms with Crippen LogP contribution in [-0.4, -0.2) is 4.98 Å². The molecule has 136 valence electrons. The van der Waals surface area contributed by atoms with E-state index in [1.54, 1.807) is 6.08 Å². The molecule has 2 aromatic heterocycles. The molecule has 2 aromatic carbocycles. The van der Waals surface area contributed by atoms with Crippen LogP contribution in [-0.2, 0) is 0 Å². The fourth-order valence-corrected chi connectivity index (χ4v) is 3.68. The molecule has 6 heteroatoms. The molecule has 0 aliphatic heterocycles. The predicted molar refractivity (Wildman–Crippen MR) is 115 cm³/mol. The van der Waals surface area contributed by atoms with E-state index in [0.29, 0.717) is 32.1 Å². The summed E-state index contributed by atoms with van der Waals surface area (Å²) in [5.74, 6) is 1.30. The molecule has 3 nitrogen and oxygen atoms in total. The highest BCUT2D eigenvalue weighted by molar-refractivity contribution is 7.11. The summed E-state index contributed by atoms with van der Waals surface area (Å²) < 4.78 is 5.86. The molecule has 0 saturated carbocycles. The summed E-state index contributed by atoms with van der Waals surface area (Å²) >= 11 is 13.3. The van der Waals surface area contributed by atoms with Crippen LogP contribution in [0.15, 0.2) is 70.5 Å². The van der Waals surface area contributed by atoms with Crippen molar-refractivity contribution in [1.29, 1.82) is 5.26 Å². The lowest BCUT2D eigenvalue weighted by atomic mass is 10.2. The largest absolute Gasteiger partial charge is 0.457 e. The zero-order valence-corrected chi connectivity index (χ0v) is 16.7. The Hall–Kier alpha value is -2.84. The van der Waals surface area contributed by atoms with Gasteiger partial charge < -0.3 is 4.42 Å². The number of benzene rings is 2. The molecule has 0 amide bonds. The summed E-state index contributed by atoms with van der Waals surface area (Å²) in [5, 5.41) is 13.5. The number of rotatable bonds is 4. The normalized spacial score (nSPS) is 11.4. The standard InChI is InChI=1S/C22H12Cl2N2OS/c23-17-5-1-14(2-6-17)20-13-28-22(26-20)16(12-25)11-19-9-10-21(27-19)15-3-7-18(24)8-4-15/h1-11,13H/b16-11+. The molecule has 0 atom stereocenters. The highest BCUT2D eigenvalue weighted by atomic mass is 35.5. The molecule has 0 radical (unpaired) electrons. The van der Waals surface area contributed by atoms with Gasteiger partial charge in [-0.2, -0.15) is 5.26 Å². The van der Waals surface area contributed by atoms with Crippen LogP contribution >= 0.6 is 34.5 Å². The Labute approximate surface area is 176 Å². The maximum Gasteiger partial charge on any atom is 0.134 e. The van der Waals surface area contributed by atoms with E-state index in [-0.39, 0.29) is 0 Å². The van der Waals surface area contributed by atoms with Crippen LogP contribution in [0.3, 0.4) is 0 Å². The monoisotopic (exact) mass is 422 g/mol. The summed E-state index contributed by atoms with van der Waals surface area (Å²) in [7, 11) is 0. The molecule has 28 heavy (non-hydrogen) atoms. The van der Waals surface area contributed by atoms with E-state index < -0.39 is 0 Å². The molecule has 0 unspecified atom stereocenters. The van der Waals surface area contributed by atoms with Crippen LogP contribution in [0, 0.1) is 11.3 Å². The zero-order valence-electron chi connectivity index (χ0n) is 14.4. The van der Waals surface area contributed by atoms with Crippen molar-refractivity contribution < 1.29 is 4.42 Å². The summed E-state index contributed by atoms with van der Waals surface area (Å²) in [6, 6.07) is 20.7. The second-order valence-corrected chi connectivity index (χ2v) is 7.65. The first-order valence-electron chi connectivity index (χ1n) is 8.32. The van der Waals surface area contributed by atoms with Crippen molar-refractivity contribution in [3.05, 3.63) is 86.9 Å². The number of furan rings is 1. The molecule has 0 aliphatic carbocycles. The molecule has 2 heterocycles. The van der Waals surface area contributed by atoms with Crippen LogP contribution in [0.1, 0.15) is 10.8 Å². The van der Waals surface area contributed by atoms with Crippen LogP contribution in [0.2, 0.25) is 10.0 Å². The quantitative estimate of drug-likeness (QED) is 0.321. The highest BCUT2D eigenvalue weighted by Gasteiger charge is 2.11. The molecule has 0 fully saturated rings.